The zero-order chi connectivity index (χ0) is 9.30. The molecule has 0 aliphatic heterocycles. The fourth-order valence-corrected chi connectivity index (χ4v) is 0.737. The van der Waals surface area contributed by atoms with Crippen molar-refractivity contribution in [1.29, 1.82) is 0 Å². The van der Waals surface area contributed by atoms with Crippen molar-refractivity contribution < 1.29 is 73.0 Å². The summed E-state index contributed by atoms with van der Waals surface area (Å²) in [6.07, 6.45) is 2.03. The van der Waals surface area contributed by atoms with Crippen molar-refractivity contribution in [3.05, 3.63) is 21.9 Å². The molecule has 7 nitrogen and oxygen atoms in total. The average molecular weight is 256 g/mol. The molecule has 0 aromatic carbocycles. The Morgan fingerprint density at radius 2 is 2.31 bits per heavy atom. The fraction of sp³-hybridized carbons (Fsp3) is 0.200. The monoisotopic (exact) mass is 255 g/mol. The van der Waals surface area contributed by atoms with Crippen molar-refractivity contribution in [1.82, 2.24) is 9.78 Å². The molecule has 0 unspecified atom stereocenters. The predicted molar refractivity (Wildman–Crippen MR) is 35.7 cm³/mol. The molecule has 0 spiro atoms. The molecule has 0 amide bonds. The van der Waals surface area contributed by atoms with Gasteiger partial charge in [-0.1, -0.05) is 4.92 Å². The molecule has 0 aliphatic carbocycles. The average Bonchev–Trinajstić information content (AvgIpc) is 2.30. The van der Waals surface area contributed by atoms with Gasteiger partial charge in [0.25, 0.3) is 0 Å². The zero-order valence-corrected chi connectivity index (χ0v) is 11.9. The van der Waals surface area contributed by atoms with E-state index in [0.717, 1.165) is 4.68 Å². The molecule has 8 heteroatoms. The minimum absolute atomic E-state index is 0. The van der Waals surface area contributed by atoms with Gasteiger partial charge in [-0.3, -0.25) is 0 Å². The Kier molecular flexibility index (Phi) is 4.90. The van der Waals surface area contributed by atoms with Crippen LogP contribution in [0.2, 0.25) is 0 Å². The van der Waals surface area contributed by atoms with Crippen molar-refractivity contribution in [2.24, 2.45) is 7.05 Å². The minimum atomic E-state index is -1.41. The number of nitro groups is 1. The summed E-state index contributed by atoms with van der Waals surface area (Å²) in [6, 6.07) is 0. The summed E-state index contributed by atoms with van der Waals surface area (Å²) in [6.45, 7) is 0. The quantitative estimate of drug-likeness (QED) is 0.342. The number of hydrogen-bond donors (Lipinski definition) is 1. The largest absolute Gasteiger partial charge is 1.00 e. The van der Waals surface area contributed by atoms with E-state index in [1.807, 2.05) is 6.20 Å². The number of carboxylic acid groups (broad SMARTS) is 1. The number of carboxylic acids is 1. The number of rotatable bonds is 2. The van der Waals surface area contributed by atoms with E-state index in [2.05, 4.69) is 5.10 Å². The Morgan fingerprint density at radius 1 is 1.77 bits per heavy atom. The number of aromatic carboxylic acids is 1. The molecule has 0 fully saturated rings. The van der Waals surface area contributed by atoms with Crippen molar-refractivity contribution in [2.75, 3.05) is 0 Å². The summed E-state index contributed by atoms with van der Waals surface area (Å²) in [5.41, 5.74) is -0.525. The van der Waals surface area contributed by atoms with Crippen LogP contribution in [0.1, 0.15) is 10.4 Å². The molecule has 0 saturated carbocycles. The molecule has 0 aliphatic rings. The van der Waals surface area contributed by atoms with Crippen LogP contribution in [0.5, 0.6) is 0 Å². The first-order valence-corrected chi connectivity index (χ1v) is 2.86. The van der Waals surface area contributed by atoms with Crippen LogP contribution in [0.15, 0.2) is 0 Å². The van der Waals surface area contributed by atoms with Crippen LogP contribution in [0.4, 0.5) is 5.82 Å². The fourth-order valence-electron chi connectivity index (χ4n) is 0.737. The normalized spacial score (nSPS) is 9.00. The maximum absolute atomic E-state index is 10.4. The van der Waals surface area contributed by atoms with Gasteiger partial charge in [-0.05, 0) is 6.20 Å². The van der Waals surface area contributed by atoms with E-state index in [1.165, 1.54) is 7.05 Å². The summed E-state index contributed by atoms with van der Waals surface area (Å²) in [7, 11) is 1.28. The molecule has 0 bridgehead atoms. The molecule has 0 atom stereocenters. The van der Waals surface area contributed by atoms with Gasteiger partial charge in [-0.25, -0.2) is 0 Å². The van der Waals surface area contributed by atoms with Crippen molar-refractivity contribution in [3.63, 3.8) is 0 Å². The predicted octanol–water partition coefficient (Wildman–Crippen LogP) is -3.17. The van der Waals surface area contributed by atoms with Gasteiger partial charge in [0.2, 0.25) is 11.8 Å². The first-order valence-electron chi connectivity index (χ1n) is 2.86. The van der Waals surface area contributed by atoms with E-state index in [-0.39, 0.29) is 58.2 Å². The standard InChI is InChI=1S/C5H4N3O4.Rb/c1-7-4(8(11)12)3(2-6-7)5(9)10;/h1H3,(H,9,10);/q-1;+1. The Balaban J connectivity index is 0.00000144. The number of aryl methyl sites for hydroxylation is 1. The number of hydrogen-bond acceptors (Lipinski definition) is 4. The first kappa shape index (κ1) is 12.9. The van der Waals surface area contributed by atoms with E-state index in [9.17, 15) is 14.9 Å². The number of aromatic nitrogens is 2. The van der Waals surface area contributed by atoms with E-state index in [0.29, 0.717) is 0 Å². The maximum Gasteiger partial charge on any atom is 1.00 e. The van der Waals surface area contributed by atoms with Crippen LogP contribution in [0.25, 0.3) is 0 Å². The first-order chi connectivity index (χ1) is 5.54. The minimum Gasteiger partial charge on any atom is -0.535 e. The SMILES string of the molecule is Cn1n[c-]c(C(=O)O)c1[N+](=O)[O-].[Rb+]. The van der Waals surface area contributed by atoms with Crippen LogP contribution >= 0.6 is 0 Å². The molecule has 13 heavy (non-hydrogen) atoms. The Bertz CT molecular complexity index is 348. The van der Waals surface area contributed by atoms with Gasteiger partial charge in [-0.2, -0.15) is 9.78 Å². The number of nitrogens with zero attached hydrogens (tertiary/aromatic N) is 3. The van der Waals surface area contributed by atoms with Gasteiger partial charge in [0, 0.05) is 5.56 Å². The third kappa shape index (κ3) is 2.66. The summed E-state index contributed by atoms with van der Waals surface area (Å²) >= 11 is 0. The summed E-state index contributed by atoms with van der Waals surface area (Å²) < 4.78 is 0.851. The molecule has 1 heterocycles. The number of carbonyl (C=O) groups is 1. The molecule has 1 N–H and O–H groups in total. The molecule has 1 rings (SSSR count). The maximum atomic E-state index is 10.4. The Labute approximate surface area is 122 Å². The Morgan fingerprint density at radius 3 is 2.62 bits per heavy atom. The van der Waals surface area contributed by atoms with Crippen LogP contribution in [0.3, 0.4) is 0 Å². The van der Waals surface area contributed by atoms with E-state index >= 15 is 0 Å². The Hall–Kier alpha value is -0.115. The second kappa shape index (κ2) is 4.94. The third-order valence-electron chi connectivity index (χ3n) is 1.23. The van der Waals surface area contributed by atoms with Crippen LogP contribution < -0.4 is 58.2 Å². The summed E-state index contributed by atoms with van der Waals surface area (Å²) in [5.74, 6) is -1.97. The van der Waals surface area contributed by atoms with Crippen molar-refractivity contribution in [3.8, 4) is 0 Å². The molecule has 1 aromatic heterocycles. The van der Waals surface area contributed by atoms with E-state index in [1.54, 1.807) is 0 Å². The second-order valence-corrected chi connectivity index (χ2v) is 2.00. The second-order valence-electron chi connectivity index (χ2n) is 2.00. The zero-order valence-electron chi connectivity index (χ0n) is 7.01. The van der Waals surface area contributed by atoms with Gasteiger partial charge < -0.3 is 20.0 Å². The smallest absolute Gasteiger partial charge is 0.535 e. The van der Waals surface area contributed by atoms with Gasteiger partial charge in [-0.15, -0.1) is 0 Å². The van der Waals surface area contributed by atoms with Gasteiger partial charge in [0.1, 0.15) is 0 Å². The third-order valence-corrected chi connectivity index (χ3v) is 1.23. The van der Waals surface area contributed by atoms with Crippen LogP contribution in [0, 0.1) is 16.3 Å². The molecule has 0 saturated heterocycles. The van der Waals surface area contributed by atoms with Crippen molar-refractivity contribution >= 4 is 11.8 Å². The van der Waals surface area contributed by atoms with Crippen LogP contribution in [-0.2, 0) is 7.05 Å². The van der Waals surface area contributed by atoms with Crippen molar-refractivity contribution in [2.45, 2.75) is 0 Å². The molecule has 64 valence electrons. The molecular weight excluding hydrogens is 252 g/mol. The van der Waals surface area contributed by atoms with E-state index in [4.69, 9.17) is 5.11 Å². The molecule has 1 aromatic rings. The topological polar surface area (TPSA) is 98.3 Å². The summed E-state index contributed by atoms with van der Waals surface area (Å²) in [5, 5.41) is 22.0. The van der Waals surface area contributed by atoms with Gasteiger partial charge in [0.05, 0.1) is 7.05 Å². The molecular formula is C5H4N3O4Rb. The molecule has 0 radical (unpaired) electrons. The van der Waals surface area contributed by atoms with E-state index < -0.39 is 22.3 Å². The summed E-state index contributed by atoms with van der Waals surface area (Å²) in [4.78, 5) is 19.8. The van der Waals surface area contributed by atoms with Gasteiger partial charge >= 0.3 is 58.2 Å². The van der Waals surface area contributed by atoms with Crippen LogP contribution in [-0.4, -0.2) is 25.8 Å². The van der Waals surface area contributed by atoms with Gasteiger partial charge in [0.15, 0.2) is 0 Å².